The average Bonchev–Trinajstić information content (AvgIpc) is 2.74. The van der Waals surface area contributed by atoms with Crippen LogP contribution in [-0.4, -0.2) is 41.9 Å². The predicted octanol–water partition coefficient (Wildman–Crippen LogP) is 5.32. The number of carbonyl (C=O) groups excluding carboxylic acids is 2. The van der Waals surface area contributed by atoms with Gasteiger partial charge in [0.25, 0.3) is 5.91 Å². The molecular weight excluding hydrogens is 414 g/mol. The molecule has 2 aromatic carbocycles. The first-order valence-electron chi connectivity index (χ1n) is 10.8. The molecule has 0 unspecified atom stereocenters. The molecule has 0 atom stereocenters. The minimum Gasteiger partial charge on any atom is -0.493 e. The van der Waals surface area contributed by atoms with Crippen LogP contribution >= 0.6 is 11.6 Å². The lowest BCUT2D eigenvalue weighted by Crippen LogP contribution is -2.52. The molecule has 31 heavy (non-hydrogen) atoms. The normalized spacial score (nSPS) is 17.5. The van der Waals surface area contributed by atoms with Gasteiger partial charge in [0.05, 0.1) is 18.6 Å². The van der Waals surface area contributed by atoms with Crippen molar-refractivity contribution in [3.05, 3.63) is 58.1 Å². The van der Waals surface area contributed by atoms with Gasteiger partial charge in [0.1, 0.15) is 17.1 Å². The van der Waals surface area contributed by atoms with Crippen molar-refractivity contribution in [1.29, 1.82) is 0 Å². The maximum Gasteiger partial charge on any atom is 0.253 e. The Labute approximate surface area is 188 Å². The van der Waals surface area contributed by atoms with E-state index in [9.17, 15) is 9.59 Å². The topological polar surface area (TPSA) is 55.8 Å². The molecule has 0 N–H and O–H groups in total. The van der Waals surface area contributed by atoms with E-state index < -0.39 is 5.60 Å². The van der Waals surface area contributed by atoms with Crippen LogP contribution < -0.4 is 9.47 Å². The number of hydrogen-bond acceptors (Lipinski definition) is 4. The molecule has 0 radical (unpaired) electrons. The third kappa shape index (κ3) is 4.57. The Balaban J connectivity index is 1.41. The molecule has 164 valence electrons. The van der Waals surface area contributed by atoms with Crippen LogP contribution in [0.2, 0.25) is 5.02 Å². The Morgan fingerprint density at radius 2 is 1.87 bits per heavy atom. The van der Waals surface area contributed by atoms with Gasteiger partial charge in [-0.15, -0.1) is 0 Å². The Hall–Kier alpha value is -2.53. The molecule has 2 aliphatic rings. The first-order valence-corrected chi connectivity index (χ1v) is 11.2. The molecule has 2 aromatic rings. The van der Waals surface area contributed by atoms with Crippen LogP contribution in [0.3, 0.4) is 0 Å². The lowest BCUT2D eigenvalue weighted by Gasteiger charge is -2.44. The zero-order chi connectivity index (χ0) is 22.2. The molecule has 1 fully saturated rings. The van der Waals surface area contributed by atoms with Crippen LogP contribution in [0.25, 0.3) is 0 Å². The summed E-state index contributed by atoms with van der Waals surface area (Å²) >= 11 is 6.18. The third-order valence-corrected chi connectivity index (χ3v) is 6.42. The first-order chi connectivity index (χ1) is 14.8. The number of ketones is 1. The number of Topliss-reactive ketones (excluding diaryl/α,β-unsaturated/α-hetero) is 1. The summed E-state index contributed by atoms with van der Waals surface area (Å²) in [6.07, 6.45) is 1.58. The van der Waals surface area contributed by atoms with E-state index in [1.54, 1.807) is 6.07 Å². The highest BCUT2D eigenvalue weighted by molar-refractivity contribution is 6.31. The smallest absolute Gasteiger partial charge is 0.253 e. The molecule has 2 heterocycles. The Kier molecular flexibility index (Phi) is 5.98. The summed E-state index contributed by atoms with van der Waals surface area (Å²) in [5, 5.41) is 0.577. The Bertz CT molecular complexity index is 991. The van der Waals surface area contributed by atoms with Gasteiger partial charge >= 0.3 is 0 Å². The molecule has 0 bridgehead atoms. The fourth-order valence-electron chi connectivity index (χ4n) is 4.15. The van der Waals surface area contributed by atoms with Crippen molar-refractivity contribution in [2.24, 2.45) is 5.92 Å². The number of halogens is 1. The fraction of sp³-hybridized carbons (Fsp3) is 0.440. The van der Waals surface area contributed by atoms with E-state index in [0.717, 1.165) is 11.3 Å². The van der Waals surface area contributed by atoms with Crippen LogP contribution in [0.15, 0.2) is 36.4 Å². The molecule has 1 spiro atoms. The highest BCUT2D eigenvalue weighted by Gasteiger charge is 2.44. The van der Waals surface area contributed by atoms with Gasteiger partial charge in [-0.25, -0.2) is 0 Å². The number of aryl methyl sites for hydroxylation is 1. The van der Waals surface area contributed by atoms with Gasteiger partial charge in [0, 0.05) is 36.5 Å². The number of amides is 1. The molecule has 5 nitrogen and oxygen atoms in total. The predicted molar refractivity (Wildman–Crippen MR) is 120 cm³/mol. The quantitative estimate of drug-likeness (QED) is 0.644. The summed E-state index contributed by atoms with van der Waals surface area (Å²) < 4.78 is 12.0. The van der Waals surface area contributed by atoms with Crippen LogP contribution in [0.4, 0.5) is 0 Å². The van der Waals surface area contributed by atoms with Crippen LogP contribution in [-0.2, 0) is 0 Å². The number of piperidine rings is 1. The molecule has 2 aliphatic heterocycles. The fourth-order valence-corrected chi connectivity index (χ4v) is 4.31. The molecule has 0 aliphatic carbocycles. The van der Waals surface area contributed by atoms with E-state index in [1.165, 1.54) is 0 Å². The van der Waals surface area contributed by atoms with Crippen molar-refractivity contribution in [2.75, 3.05) is 19.7 Å². The number of benzene rings is 2. The van der Waals surface area contributed by atoms with Gasteiger partial charge in [-0.3, -0.25) is 9.59 Å². The number of ether oxygens (including phenoxy) is 2. The van der Waals surface area contributed by atoms with E-state index in [0.29, 0.717) is 66.8 Å². The second-order valence-electron chi connectivity index (χ2n) is 9.00. The number of carbonyl (C=O) groups is 2. The van der Waals surface area contributed by atoms with Gasteiger partial charge in [-0.2, -0.15) is 0 Å². The van der Waals surface area contributed by atoms with Crippen LogP contribution in [0.5, 0.6) is 11.5 Å². The van der Waals surface area contributed by atoms with Crippen molar-refractivity contribution in [3.63, 3.8) is 0 Å². The van der Waals surface area contributed by atoms with Gasteiger partial charge in [0.2, 0.25) is 0 Å². The number of hydrogen-bond donors (Lipinski definition) is 0. The van der Waals surface area contributed by atoms with E-state index in [2.05, 4.69) is 13.8 Å². The Morgan fingerprint density at radius 3 is 2.52 bits per heavy atom. The number of fused-ring (bicyclic) bond motifs is 1. The summed E-state index contributed by atoms with van der Waals surface area (Å²) in [5.74, 6) is 1.88. The molecule has 6 heteroatoms. The van der Waals surface area contributed by atoms with E-state index >= 15 is 0 Å². The highest BCUT2D eigenvalue weighted by atomic mass is 35.5. The number of likely N-dealkylation sites (tertiary alicyclic amines) is 1. The molecular formula is C25H28ClNO4. The van der Waals surface area contributed by atoms with Crippen molar-refractivity contribution in [3.8, 4) is 11.5 Å². The van der Waals surface area contributed by atoms with Crippen molar-refractivity contribution < 1.29 is 19.1 Å². The van der Waals surface area contributed by atoms with E-state index in [1.807, 2.05) is 42.2 Å². The summed E-state index contributed by atoms with van der Waals surface area (Å²) in [4.78, 5) is 27.6. The standard InChI is InChI=1S/C25H28ClNO4/c1-16(2)15-30-19-6-4-18(5-7-19)24(29)27-10-8-25(9-11-27)14-22(28)20-13-21(26)17(3)12-23(20)31-25/h4-7,12-13,16H,8-11,14-15H2,1-3H3. The second-order valence-corrected chi connectivity index (χ2v) is 9.41. The SMILES string of the molecule is Cc1cc2c(cc1Cl)C(=O)CC1(CCN(C(=O)c3ccc(OCC(C)C)cc3)CC1)O2. The van der Waals surface area contributed by atoms with Crippen molar-refractivity contribution in [1.82, 2.24) is 4.90 Å². The maximum atomic E-state index is 13.0. The van der Waals surface area contributed by atoms with E-state index in [-0.39, 0.29) is 11.7 Å². The van der Waals surface area contributed by atoms with Crippen molar-refractivity contribution >= 4 is 23.3 Å². The monoisotopic (exact) mass is 441 g/mol. The van der Waals surface area contributed by atoms with E-state index in [4.69, 9.17) is 21.1 Å². The van der Waals surface area contributed by atoms with Gasteiger partial charge in [0.15, 0.2) is 5.78 Å². The largest absolute Gasteiger partial charge is 0.493 e. The lowest BCUT2D eigenvalue weighted by atomic mass is 9.82. The third-order valence-electron chi connectivity index (χ3n) is 6.02. The molecule has 0 saturated carbocycles. The molecule has 0 aromatic heterocycles. The summed E-state index contributed by atoms with van der Waals surface area (Å²) in [6, 6.07) is 10.9. The maximum absolute atomic E-state index is 13.0. The molecule has 1 amide bonds. The zero-order valence-electron chi connectivity index (χ0n) is 18.2. The summed E-state index contributed by atoms with van der Waals surface area (Å²) in [7, 11) is 0. The molecule has 4 rings (SSSR count). The zero-order valence-corrected chi connectivity index (χ0v) is 19.0. The van der Waals surface area contributed by atoms with Gasteiger partial charge in [-0.1, -0.05) is 25.4 Å². The number of nitrogens with zero attached hydrogens (tertiary/aromatic N) is 1. The minimum absolute atomic E-state index is 0.00424. The van der Waals surface area contributed by atoms with Gasteiger partial charge in [-0.05, 0) is 54.8 Å². The molecule has 1 saturated heterocycles. The number of rotatable bonds is 4. The first kappa shape index (κ1) is 21.7. The van der Waals surface area contributed by atoms with Crippen LogP contribution in [0.1, 0.15) is 59.4 Å². The summed E-state index contributed by atoms with van der Waals surface area (Å²) in [5.41, 5.74) is 1.54. The van der Waals surface area contributed by atoms with Gasteiger partial charge < -0.3 is 14.4 Å². The summed E-state index contributed by atoms with van der Waals surface area (Å²) in [6.45, 7) is 7.85. The van der Waals surface area contributed by atoms with Crippen molar-refractivity contribution in [2.45, 2.75) is 45.6 Å². The average molecular weight is 442 g/mol. The minimum atomic E-state index is -0.546. The second kappa shape index (κ2) is 8.54. The Morgan fingerprint density at radius 1 is 1.19 bits per heavy atom. The van der Waals surface area contributed by atoms with Crippen LogP contribution in [0, 0.1) is 12.8 Å². The highest BCUT2D eigenvalue weighted by Crippen LogP contribution is 2.41. The lowest BCUT2D eigenvalue weighted by molar-refractivity contribution is -0.00573.